The molecule has 7 nitrogen and oxygen atoms in total. The average Bonchev–Trinajstić information content (AvgIpc) is 3.06. The number of aromatic nitrogens is 2. The molecular formula is C16H18N4O3. The Bertz CT molecular complexity index is 711. The van der Waals surface area contributed by atoms with Gasteiger partial charge in [-0.15, -0.1) is 0 Å². The molecule has 0 saturated heterocycles. The minimum atomic E-state index is -0.335. The van der Waals surface area contributed by atoms with Gasteiger partial charge in [0.15, 0.2) is 5.56 Å². The summed E-state index contributed by atoms with van der Waals surface area (Å²) in [5.41, 5.74) is 3.81. The summed E-state index contributed by atoms with van der Waals surface area (Å²) in [5, 5.41) is 6.16. The zero-order valence-corrected chi connectivity index (χ0v) is 13.0. The Morgan fingerprint density at radius 3 is 2.57 bits per heavy atom. The molecule has 2 heterocycles. The molecule has 1 amide bonds. The lowest BCUT2D eigenvalue weighted by atomic mass is 10.1. The summed E-state index contributed by atoms with van der Waals surface area (Å²) in [7, 11) is 2.90. The molecule has 120 valence electrons. The number of nitrogens with one attached hydrogen (secondary N) is 2. The lowest BCUT2D eigenvalue weighted by Crippen LogP contribution is -2.24. The van der Waals surface area contributed by atoms with Crippen LogP contribution in [0.15, 0.2) is 24.5 Å². The van der Waals surface area contributed by atoms with E-state index in [1.54, 1.807) is 0 Å². The monoisotopic (exact) mass is 314 g/mol. The van der Waals surface area contributed by atoms with Gasteiger partial charge in [0, 0.05) is 19.6 Å². The maximum Gasteiger partial charge on any atom is 0.262 e. The number of fused-ring (bicyclic) bond motifs is 1. The summed E-state index contributed by atoms with van der Waals surface area (Å²) in [4.78, 5) is 20.3. The van der Waals surface area contributed by atoms with Crippen molar-refractivity contribution >= 4 is 5.91 Å². The van der Waals surface area contributed by atoms with Crippen LogP contribution in [-0.2, 0) is 19.6 Å². The van der Waals surface area contributed by atoms with Crippen molar-refractivity contribution in [3.63, 3.8) is 0 Å². The van der Waals surface area contributed by atoms with Crippen LogP contribution in [0.4, 0.5) is 0 Å². The predicted molar refractivity (Wildman–Crippen MR) is 83.3 cm³/mol. The first-order valence-corrected chi connectivity index (χ1v) is 7.25. The van der Waals surface area contributed by atoms with Crippen LogP contribution < -0.4 is 20.1 Å². The summed E-state index contributed by atoms with van der Waals surface area (Å²) < 4.78 is 10.2. The first-order valence-electron chi connectivity index (χ1n) is 7.25. The third-order valence-electron chi connectivity index (χ3n) is 3.75. The van der Waals surface area contributed by atoms with E-state index < -0.39 is 0 Å². The molecule has 2 aromatic rings. The van der Waals surface area contributed by atoms with Crippen molar-refractivity contribution in [3.05, 3.63) is 46.8 Å². The van der Waals surface area contributed by atoms with Gasteiger partial charge < -0.3 is 20.1 Å². The van der Waals surface area contributed by atoms with E-state index in [-0.39, 0.29) is 23.2 Å². The maximum atomic E-state index is 12.4. The Morgan fingerprint density at radius 2 is 1.87 bits per heavy atom. The average molecular weight is 314 g/mol. The van der Waals surface area contributed by atoms with Crippen LogP contribution in [0, 0.1) is 0 Å². The van der Waals surface area contributed by atoms with Gasteiger partial charge in [0.25, 0.3) is 5.91 Å². The van der Waals surface area contributed by atoms with Gasteiger partial charge in [-0.25, -0.2) is 9.97 Å². The Labute approximate surface area is 134 Å². The highest BCUT2D eigenvalue weighted by atomic mass is 16.5. The zero-order chi connectivity index (χ0) is 16.2. The minimum absolute atomic E-state index is 0.188. The van der Waals surface area contributed by atoms with Crippen molar-refractivity contribution in [2.75, 3.05) is 14.2 Å². The third kappa shape index (κ3) is 3.09. The van der Waals surface area contributed by atoms with Gasteiger partial charge in [-0.05, 0) is 16.7 Å². The maximum absolute atomic E-state index is 12.4. The Morgan fingerprint density at radius 1 is 1.17 bits per heavy atom. The second-order valence-corrected chi connectivity index (χ2v) is 5.16. The highest BCUT2D eigenvalue weighted by molar-refractivity contribution is 5.98. The second kappa shape index (κ2) is 6.62. The van der Waals surface area contributed by atoms with Crippen molar-refractivity contribution in [2.24, 2.45) is 0 Å². The topological polar surface area (TPSA) is 85.4 Å². The van der Waals surface area contributed by atoms with Crippen molar-refractivity contribution in [3.8, 4) is 11.8 Å². The van der Waals surface area contributed by atoms with Gasteiger partial charge >= 0.3 is 0 Å². The molecule has 0 saturated carbocycles. The molecule has 1 aromatic carbocycles. The van der Waals surface area contributed by atoms with Gasteiger partial charge in [0.2, 0.25) is 11.8 Å². The number of benzene rings is 1. The van der Waals surface area contributed by atoms with E-state index in [9.17, 15) is 4.79 Å². The van der Waals surface area contributed by atoms with Crippen LogP contribution in [0.1, 0.15) is 27.0 Å². The molecule has 3 rings (SSSR count). The number of hydrogen-bond donors (Lipinski definition) is 2. The molecule has 0 aliphatic carbocycles. The molecule has 0 atom stereocenters. The Hall–Kier alpha value is -2.67. The van der Waals surface area contributed by atoms with Crippen molar-refractivity contribution in [1.29, 1.82) is 0 Å². The van der Waals surface area contributed by atoms with E-state index in [0.29, 0.717) is 6.54 Å². The Balaban J connectivity index is 1.75. The first kappa shape index (κ1) is 15.2. The fourth-order valence-electron chi connectivity index (χ4n) is 2.59. The van der Waals surface area contributed by atoms with Crippen LogP contribution >= 0.6 is 0 Å². The van der Waals surface area contributed by atoms with Gasteiger partial charge in [0.05, 0.1) is 14.2 Å². The molecule has 0 bridgehead atoms. The van der Waals surface area contributed by atoms with Crippen LogP contribution in [0.25, 0.3) is 0 Å². The number of amides is 1. The molecule has 7 heteroatoms. The molecule has 2 N–H and O–H groups in total. The smallest absolute Gasteiger partial charge is 0.262 e. The molecule has 1 aliphatic heterocycles. The summed E-state index contributed by atoms with van der Waals surface area (Å²) in [6.07, 6.45) is 1.29. The van der Waals surface area contributed by atoms with Gasteiger partial charge in [-0.2, -0.15) is 0 Å². The lowest BCUT2D eigenvalue weighted by molar-refractivity contribution is 0.0943. The fourth-order valence-corrected chi connectivity index (χ4v) is 2.59. The molecule has 1 aromatic heterocycles. The number of rotatable bonds is 5. The normalized spacial score (nSPS) is 12.6. The molecule has 0 spiro atoms. The van der Waals surface area contributed by atoms with Crippen LogP contribution in [0.3, 0.4) is 0 Å². The summed E-state index contributed by atoms with van der Waals surface area (Å²) in [6.45, 7) is 2.18. The number of ether oxygens (including phenoxy) is 2. The van der Waals surface area contributed by atoms with E-state index in [0.717, 1.165) is 18.7 Å². The Kier molecular flexibility index (Phi) is 4.38. The summed E-state index contributed by atoms with van der Waals surface area (Å²) >= 11 is 0. The number of carbonyl (C=O) groups excluding carboxylic acids is 1. The van der Waals surface area contributed by atoms with E-state index in [1.807, 2.05) is 6.07 Å². The largest absolute Gasteiger partial charge is 0.480 e. The quantitative estimate of drug-likeness (QED) is 0.857. The predicted octanol–water partition coefficient (Wildman–Crippen LogP) is 1.03. The SMILES string of the molecule is COc1ncnc(OC)c1C(=O)NCc1ccc2c(c1)CNC2. The molecule has 0 unspecified atom stereocenters. The summed E-state index contributed by atoms with van der Waals surface area (Å²) in [5.74, 6) is 0.0398. The van der Waals surface area contributed by atoms with Crippen molar-refractivity contribution < 1.29 is 14.3 Å². The standard InChI is InChI=1S/C16H18N4O3/c1-22-15-13(16(23-2)20-9-19-15)14(21)18-6-10-3-4-11-7-17-8-12(11)5-10/h3-5,9,17H,6-8H2,1-2H3,(H,18,21). The number of carbonyl (C=O) groups is 1. The second-order valence-electron chi connectivity index (χ2n) is 5.16. The lowest BCUT2D eigenvalue weighted by Gasteiger charge is -2.11. The fraction of sp³-hybridized carbons (Fsp3) is 0.312. The summed E-state index contributed by atoms with van der Waals surface area (Å²) in [6, 6.07) is 6.21. The van der Waals surface area contributed by atoms with Gasteiger partial charge in [-0.3, -0.25) is 4.79 Å². The highest BCUT2D eigenvalue weighted by Crippen LogP contribution is 2.23. The molecule has 1 aliphatic rings. The van der Waals surface area contributed by atoms with E-state index in [1.165, 1.54) is 31.7 Å². The van der Waals surface area contributed by atoms with Gasteiger partial charge in [0.1, 0.15) is 6.33 Å². The molecular weight excluding hydrogens is 296 g/mol. The van der Waals surface area contributed by atoms with Crippen molar-refractivity contribution in [2.45, 2.75) is 19.6 Å². The molecule has 23 heavy (non-hydrogen) atoms. The third-order valence-corrected chi connectivity index (χ3v) is 3.75. The minimum Gasteiger partial charge on any atom is -0.480 e. The van der Waals surface area contributed by atoms with Crippen LogP contribution in [0.5, 0.6) is 11.8 Å². The van der Waals surface area contributed by atoms with Crippen LogP contribution in [0.2, 0.25) is 0 Å². The number of methoxy groups -OCH3 is 2. The number of hydrogen-bond acceptors (Lipinski definition) is 6. The molecule has 0 radical (unpaired) electrons. The first-order chi connectivity index (χ1) is 11.2. The number of nitrogens with zero attached hydrogens (tertiary/aromatic N) is 2. The zero-order valence-electron chi connectivity index (χ0n) is 13.0. The molecule has 0 fully saturated rings. The van der Waals surface area contributed by atoms with E-state index >= 15 is 0 Å². The van der Waals surface area contributed by atoms with Crippen molar-refractivity contribution in [1.82, 2.24) is 20.6 Å². The van der Waals surface area contributed by atoms with E-state index in [4.69, 9.17) is 9.47 Å². The van der Waals surface area contributed by atoms with Crippen LogP contribution in [-0.4, -0.2) is 30.1 Å². The van der Waals surface area contributed by atoms with E-state index in [2.05, 4.69) is 32.7 Å². The van der Waals surface area contributed by atoms with Gasteiger partial charge in [-0.1, -0.05) is 18.2 Å². The highest BCUT2D eigenvalue weighted by Gasteiger charge is 2.21.